The zero-order valence-electron chi connectivity index (χ0n) is 11.5. The molecule has 1 aromatic heterocycles. The first-order valence-corrected chi connectivity index (χ1v) is 6.15. The van der Waals surface area contributed by atoms with Gasteiger partial charge in [0, 0.05) is 30.6 Å². The fourth-order valence-electron chi connectivity index (χ4n) is 1.58. The zero-order chi connectivity index (χ0) is 13.8. The molecular formula is C13H22N2O3. The predicted molar refractivity (Wildman–Crippen MR) is 68.2 cm³/mol. The van der Waals surface area contributed by atoms with Crippen molar-refractivity contribution in [2.24, 2.45) is 5.41 Å². The van der Waals surface area contributed by atoms with Crippen molar-refractivity contribution in [2.45, 2.75) is 40.5 Å². The molecule has 0 saturated heterocycles. The van der Waals surface area contributed by atoms with E-state index < -0.39 is 0 Å². The average Bonchev–Trinajstić information content (AvgIpc) is 2.64. The Morgan fingerprint density at radius 1 is 1.44 bits per heavy atom. The lowest BCUT2D eigenvalue weighted by Gasteiger charge is -2.21. The van der Waals surface area contributed by atoms with E-state index in [4.69, 9.17) is 9.63 Å². The molecule has 102 valence electrons. The number of carbonyl (C=O) groups excluding carboxylic acids is 1. The number of amides is 1. The number of aliphatic hydroxyl groups excluding tert-OH is 1. The fraction of sp³-hybridized carbons (Fsp3) is 0.692. The first-order chi connectivity index (χ1) is 8.35. The summed E-state index contributed by atoms with van der Waals surface area (Å²) in [5, 5.41) is 15.8. The van der Waals surface area contributed by atoms with Crippen LogP contribution in [0.3, 0.4) is 0 Å². The Morgan fingerprint density at radius 3 is 2.61 bits per heavy atom. The van der Waals surface area contributed by atoms with Crippen molar-refractivity contribution >= 4 is 5.91 Å². The van der Waals surface area contributed by atoms with Crippen molar-refractivity contribution in [2.75, 3.05) is 13.2 Å². The second-order valence-corrected chi connectivity index (χ2v) is 5.40. The van der Waals surface area contributed by atoms with Gasteiger partial charge in [-0.15, -0.1) is 0 Å². The largest absolute Gasteiger partial charge is 0.396 e. The molecule has 18 heavy (non-hydrogen) atoms. The van der Waals surface area contributed by atoms with Gasteiger partial charge in [0.1, 0.15) is 5.76 Å². The number of aliphatic hydroxyl groups is 1. The van der Waals surface area contributed by atoms with Crippen LogP contribution in [0.1, 0.15) is 37.3 Å². The Balaban J connectivity index is 2.38. The third kappa shape index (κ3) is 4.14. The van der Waals surface area contributed by atoms with Gasteiger partial charge in [-0.3, -0.25) is 4.79 Å². The van der Waals surface area contributed by atoms with Crippen molar-refractivity contribution < 1.29 is 14.4 Å². The van der Waals surface area contributed by atoms with E-state index in [2.05, 4.69) is 10.5 Å². The Bertz CT molecular complexity index is 391. The van der Waals surface area contributed by atoms with Crippen LogP contribution in [0.25, 0.3) is 0 Å². The van der Waals surface area contributed by atoms with Crippen molar-refractivity contribution in [3.63, 3.8) is 0 Å². The van der Waals surface area contributed by atoms with Crippen molar-refractivity contribution in [3.8, 4) is 0 Å². The number of hydrogen-bond donors (Lipinski definition) is 2. The van der Waals surface area contributed by atoms with Gasteiger partial charge in [0.15, 0.2) is 0 Å². The minimum Gasteiger partial charge on any atom is -0.396 e. The molecular weight excluding hydrogens is 232 g/mol. The Kier molecular flexibility index (Phi) is 4.90. The third-order valence-electron chi connectivity index (χ3n) is 2.98. The smallest absolute Gasteiger partial charge is 0.220 e. The summed E-state index contributed by atoms with van der Waals surface area (Å²) in [5.41, 5.74) is 1.57. The molecule has 1 amide bonds. The molecule has 0 aliphatic heterocycles. The van der Waals surface area contributed by atoms with Crippen molar-refractivity contribution in [3.05, 3.63) is 17.0 Å². The maximum Gasteiger partial charge on any atom is 0.220 e. The number of hydrogen-bond acceptors (Lipinski definition) is 4. The highest BCUT2D eigenvalue weighted by Crippen LogP contribution is 2.15. The SMILES string of the molecule is Cc1noc(C)c1CCC(=O)NCC(C)(C)CO. The number of nitrogens with zero attached hydrogens (tertiary/aromatic N) is 1. The lowest BCUT2D eigenvalue weighted by molar-refractivity contribution is -0.121. The van der Waals surface area contributed by atoms with E-state index in [1.165, 1.54) is 0 Å². The molecule has 1 rings (SSSR count). The molecule has 0 spiro atoms. The molecule has 5 nitrogen and oxygen atoms in total. The summed E-state index contributed by atoms with van der Waals surface area (Å²) in [4.78, 5) is 11.7. The van der Waals surface area contributed by atoms with E-state index in [-0.39, 0.29) is 17.9 Å². The van der Waals surface area contributed by atoms with E-state index in [0.29, 0.717) is 19.4 Å². The summed E-state index contributed by atoms with van der Waals surface area (Å²) < 4.78 is 5.04. The molecule has 1 heterocycles. The van der Waals surface area contributed by atoms with E-state index in [1.54, 1.807) is 0 Å². The minimum absolute atomic E-state index is 0.0171. The number of aromatic nitrogens is 1. The summed E-state index contributed by atoms with van der Waals surface area (Å²) in [7, 11) is 0. The summed E-state index contributed by atoms with van der Waals surface area (Å²) >= 11 is 0. The van der Waals surface area contributed by atoms with Gasteiger partial charge in [0.25, 0.3) is 0 Å². The van der Waals surface area contributed by atoms with Gasteiger partial charge in [0.2, 0.25) is 5.91 Å². The predicted octanol–water partition coefficient (Wildman–Crippen LogP) is 1.36. The van der Waals surface area contributed by atoms with Gasteiger partial charge in [-0.05, 0) is 20.3 Å². The quantitative estimate of drug-likeness (QED) is 0.803. The second-order valence-electron chi connectivity index (χ2n) is 5.40. The van der Waals surface area contributed by atoms with Crippen LogP contribution in [0, 0.1) is 19.3 Å². The Morgan fingerprint density at radius 2 is 2.11 bits per heavy atom. The maximum atomic E-state index is 11.7. The van der Waals surface area contributed by atoms with Crippen molar-refractivity contribution in [1.82, 2.24) is 10.5 Å². The molecule has 0 bridgehead atoms. The molecule has 0 radical (unpaired) electrons. The number of aryl methyl sites for hydroxylation is 2. The lowest BCUT2D eigenvalue weighted by Crippen LogP contribution is -2.36. The van der Waals surface area contributed by atoms with E-state index in [1.807, 2.05) is 27.7 Å². The van der Waals surface area contributed by atoms with Crippen LogP contribution in [0.2, 0.25) is 0 Å². The van der Waals surface area contributed by atoms with Gasteiger partial charge in [-0.1, -0.05) is 19.0 Å². The molecule has 2 N–H and O–H groups in total. The van der Waals surface area contributed by atoms with Crippen LogP contribution in [0.4, 0.5) is 0 Å². The molecule has 0 aliphatic carbocycles. The lowest BCUT2D eigenvalue weighted by atomic mass is 9.95. The number of carbonyl (C=O) groups is 1. The van der Waals surface area contributed by atoms with Gasteiger partial charge in [-0.25, -0.2) is 0 Å². The maximum absolute atomic E-state index is 11.7. The number of nitrogens with one attached hydrogen (secondary N) is 1. The van der Waals surface area contributed by atoms with Crippen LogP contribution in [-0.4, -0.2) is 29.3 Å². The van der Waals surface area contributed by atoms with Crippen LogP contribution in [0.5, 0.6) is 0 Å². The molecule has 0 unspecified atom stereocenters. The summed E-state index contributed by atoms with van der Waals surface area (Å²) in [6, 6.07) is 0. The van der Waals surface area contributed by atoms with Gasteiger partial charge in [0.05, 0.1) is 5.69 Å². The summed E-state index contributed by atoms with van der Waals surface area (Å²) in [6.45, 7) is 8.06. The van der Waals surface area contributed by atoms with Crippen LogP contribution in [-0.2, 0) is 11.2 Å². The first kappa shape index (κ1) is 14.7. The number of rotatable bonds is 6. The zero-order valence-corrected chi connectivity index (χ0v) is 11.5. The van der Waals surface area contributed by atoms with Crippen LogP contribution >= 0.6 is 0 Å². The second kappa shape index (κ2) is 6.00. The summed E-state index contributed by atoms with van der Waals surface area (Å²) in [6.07, 6.45) is 1.04. The monoisotopic (exact) mass is 254 g/mol. The highest BCUT2D eigenvalue weighted by atomic mass is 16.5. The van der Waals surface area contributed by atoms with Crippen molar-refractivity contribution in [1.29, 1.82) is 0 Å². The Hall–Kier alpha value is -1.36. The molecule has 0 aliphatic rings. The average molecular weight is 254 g/mol. The van der Waals surface area contributed by atoms with E-state index >= 15 is 0 Å². The molecule has 1 aromatic rings. The Labute approximate surface area is 108 Å². The molecule has 5 heteroatoms. The van der Waals surface area contributed by atoms with Gasteiger partial charge < -0.3 is 14.9 Å². The first-order valence-electron chi connectivity index (χ1n) is 6.15. The highest BCUT2D eigenvalue weighted by Gasteiger charge is 2.18. The van der Waals surface area contributed by atoms with Crippen LogP contribution in [0.15, 0.2) is 4.52 Å². The molecule has 0 saturated carbocycles. The molecule has 0 fully saturated rings. The fourth-order valence-corrected chi connectivity index (χ4v) is 1.58. The van der Waals surface area contributed by atoms with Crippen LogP contribution < -0.4 is 5.32 Å². The molecule has 0 atom stereocenters. The molecule has 0 aromatic carbocycles. The minimum atomic E-state index is -0.279. The topological polar surface area (TPSA) is 75.4 Å². The van der Waals surface area contributed by atoms with Gasteiger partial charge >= 0.3 is 0 Å². The highest BCUT2D eigenvalue weighted by molar-refractivity contribution is 5.76. The van der Waals surface area contributed by atoms with E-state index in [9.17, 15) is 4.79 Å². The van der Waals surface area contributed by atoms with Gasteiger partial charge in [-0.2, -0.15) is 0 Å². The third-order valence-corrected chi connectivity index (χ3v) is 2.98. The normalized spacial score (nSPS) is 11.6. The van der Waals surface area contributed by atoms with E-state index in [0.717, 1.165) is 17.0 Å². The standard InChI is InChI=1S/C13H22N2O3/c1-9-11(10(2)18-15-9)5-6-12(17)14-7-13(3,4)8-16/h16H,5-8H2,1-4H3,(H,14,17). The summed E-state index contributed by atoms with van der Waals surface area (Å²) in [5.74, 6) is 0.757.